The highest BCUT2D eigenvalue weighted by molar-refractivity contribution is 9.10. The predicted molar refractivity (Wildman–Crippen MR) is 84.4 cm³/mol. The number of piperazine rings is 1. The van der Waals surface area contributed by atoms with Crippen molar-refractivity contribution in [3.8, 4) is 0 Å². The molecule has 1 aromatic carbocycles. The molecule has 1 N–H and O–H groups in total. The summed E-state index contributed by atoms with van der Waals surface area (Å²) >= 11 is 3.26. The van der Waals surface area contributed by atoms with Crippen LogP contribution >= 0.6 is 15.9 Å². The van der Waals surface area contributed by atoms with Crippen LogP contribution in [0.4, 0.5) is 4.39 Å². The Bertz CT molecular complexity index is 606. The topological polar surface area (TPSA) is 28.2 Å². The average molecular weight is 350 g/mol. The lowest BCUT2D eigenvalue weighted by atomic mass is 10.0. The van der Waals surface area contributed by atoms with Crippen LogP contribution in [-0.2, 0) is 6.54 Å². The maximum atomic E-state index is 13.3. The van der Waals surface area contributed by atoms with Crippen molar-refractivity contribution < 1.29 is 4.39 Å². The van der Waals surface area contributed by atoms with E-state index in [1.165, 1.54) is 11.6 Å². The molecule has 0 spiro atoms. The second-order valence-corrected chi connectivity index (χ2v) is 6.08. The summed E-state index contributed by atoms with van der Waals surface area (Å²) in [6, 6.07) is 9.60. The van der Waals surface area contributed by atoms with Crippen LogP contribution in [0.25, 0.3) is 0 Å². The van der Waals surface area contributed by atoms with Crippen molar-refractivity contribution in [2.75, 3.05) is 19.6 Å². The minimum absolute atomic E-state index is 0.220. The third-order valence-corrected chi connectivity index (χ3v) is 4.40. The van der Waals surface area contributed by atoms with Gasteiger partial charge in [-0.1, -0.05) is 12.1 Å². The van der Waals surface area contributed by atoms with Gasteiger partial charge in [0.1, 0.15) is 5.82 Å². The predicted octanol–water partition coefficient (Wildman–Crippen LogP) is 3.13. The molecule has 1 fully saturated rings. The number of nitrogens with zero attached hydrogens (tertiary/aromatic N) is 2. The number of benzene rings is 1. The molecule has 2 aromatic rings. The summed E-state index contributed by atoms with van der Waals surface area (Å²) in [5.41, 5.74) is 2.32. The van der Waals surface area contributed by atoms with Gasteiger partial charge in [0.15, 0.2) is 0 Å². The van der Waals surface area contributed by atoms with Crippen LogP contribution in [0.5, 0.6) is 0 Å². The van der Waals surface area contributed by atoms with Gasteiger partial charge in [0.2, 0.25) is 0 Å². The number of halogens is 2. The summed E-state index contributed by atoms with van der Waals surface area (Å²) in [6.45, 7) is 3.65. The van der Waals surface area contributed by atoms with Crippen molar-refractivity contribution in [1.29, 1.82) is 0 Å². The molecule has 5 heteroatoms. The fraction of sp³-hybridized carbons (Fsp3) is 0.312. The maximum Gasteiger partial charge on any atom is 0.137 e. The minimum atomic E-state index is -0.220. The van der Waals surface area contributed by atoms with Crippen molar-refractivity contribution in [2.45, 2.75) is 12.6 Å². The Morgan fingerprint density at radius 1 is 1.38 bits per heavy atom. The van der Waals surface area contributed by atoms with E-state index in [1.54, 1.807) is 6.20 Å². The van der Waals surface area contributed by atoms with Crippen molar-refractivity contribution >= 4 is 15.9 Å². The highest BCUT2D eigenvalue weighted by Gasteiger charge is 2.23. The Balaban J connectivity index is 1.79. The van der Waals surface area contributed by atoms with Crippen LogP contribution in [0.2, 0.25) is 0 Å². The molecule has 2 heterocycles. The Morgan fingerprint density at radius 3 is 3.05 bits per heavy atom. The summed E-state index contributed by atoms with van der Waals surface area (Å²) in [5.74, 6) is -0.220. The van der Waals surface area contributed by atoms with E-state index < -0.39 is 0 Å². The highest BCUT2D eigenvalue weighted by atomic mass is 79.9. The third kappa shape index (κ3) is 3.48. The second kappa shape index (κ2) is 6.64. The second-order valence-electron chi connectivity index (χ2n) is 5.23. The zero-order valence-corrected chi connectivity index (χ0v) is 13.2. The largest absolute Gasteiger partial charge is 0.314 e. The third-order valence-electron chi connectivity index (χ3n) is 3.79. The summed E-state index contributed by atoms with van der Waals surface area (Å²) < 4.78 is 13.9. The van der Waals surface area contributed by atoms with E-state index in [2.05, 4.69) is 37.2 Å². The molecule has 3 nitrogen and oxygen atoms in total. The smallest absolute Gasteiger partial charge is 0.137 e. The molecule has 0 radical (unpaired) electrons. The van der Waals surface area contributed by atoms with Gasteiger partial charge in [-0.15, -0.1) is 0 Å². The number of hydrogen-bond donors (Lipinski definition) is 1. The summed E-state index contributed by atoms with van der Waals surface area (Å²) in [7, 11) is 0. The first-order valence-electron chi connectivity index (χ1n) is 7.02. The molecule has 1 saturated heterocycles. The Hall–Kier alpha value is -1.30. The van der Waals surface area contributed by atoms with Gasteiger partial charge in [0, 0.05) is 44.6 Å². The number of rotatable bonds is 3. The SMILES string of the molecule is Fc1ccc(CN2CCNCC2c2cccnc2)cc1Br. The molecule has 0 aliphatic carbocycles. The van der Waals surface area contributed by atoms with Crippen molar-refractivity contribution in [3.63, 3.8) is 0 Å². The average Bonchev–Trinajstić information content (AvgIpc) is 2.52. The molecule has 0 saturated carbocycles. The first kappa shape index (κ1) is 14.6. The standard InChI is InChI=1S/C16H17BrFN3/c17-14-8-12(3-4-15(14)18)11-21-7-6-20-10-16(21)13-2-1-5-19-9-13/h1-5,8-9,16,20H,6-7,10-11H2. The fourth-order valence-electron chi connectivity index (χ4n) is 2.71. The molecule has 21 heavy (non-hydrogen) atoms. The number of hydrogen-bond acceptors (Lipinski definition) is 3. The lowest BCUT2D eigenvalue weighted by Gasteiger charge is -2.36. The van der Waals surface area contributed by atoms with Crippen molar-refractivity contribution in [2.24, 2.45) is 0 Å². The molecule has 110 valence electrons. The lowest BCUT2D eigenvalue weighted by molar-refractivity contribution is 0.153. The first-order valence-corrected chi connectivity index (χ1v) is 7.82. The minimum Gasteiger partial charge on any atom is -0.314 e. The number of aromatic nitrogens is 1. The number of nitrogens with one attached hydrogen (secondary N) is 1. The first-order chi connectivity index (χ1) is 10.2. The Labute approximate surface area is 132 Å². The molecule has 0 amide bonds. The van der Waals surface area contributed by atoms with Gasteiger partial charge in [-0.3, -0.25) is 9.88 Å². The van der Waals surface area contributed by atoms with Crippen LogP contribution in [0.1, 0.15) is 17.2 Å². The number of pyridine rings is 1. The lowest BCUT2D eigenvalue weighted by Crippen LogP contribution is -2.45. The van der Waals surface area contributed by atoms with E-state index >= 15 is 0 Å². The summed E-state index contributed by atoms with van der Waals surface area (Å²) in [6.07, 6.45) is 3.71. The molecule has 1 unspecified atom stereocenters. The normalized spacial score (nSPS) is 19.6. The molecular weight excluding hydrogens is 333 g/mol. The van der Waals surface area contributed by atoms with Gasteiger partial charge in [-0.25, -0.2) is 4.39 Å². The van der Waals surface area contributed by atoms with Crippen LogP contribution < -0.4 is 5.32 Å². The molecule has 1 atom stereocenters. The van der Waals surface area contributed by atoms with Crippen LogP contribution in [0.3, 0.4) is 0 Å². The van der Waals surface area contributed by atoms with Gasteiger partial charge in [0.25, 0.3) is 0 Å². The molecule has 0 bridgehead atoms. The maximum absolute atomic E-state index is 13.3. The molecule has 3 rings (SSSR count). The Kier molecular flexibility index (Phi) is 4.63. The zero-order chi connectivity index (χ0) is 14.7. The monoisotopic (exact) mass is 349 g/mol. The van der Waals surface area contributed by atoms with Gasteiger partial charge < -0.3 is 5.32 Å². The van der Waals surface area contributed by atoms with E-state index in [-0.39, 0.29) is 5.82 Å². The fourth-order valence-corrected chi connectivity index (χ4v) is 3.14. The van der Waals surface area contributed by atoms with Crippen LogP contribution in [0.15, 0.2) is 47.2 Å². The van der Waals surface area contributed by atoms with E-state index in [1.807, 2.05) is 24.4 Å². The van der Waals surface area contributed by atoms with Crippen LogP contribution in [0, 0.1) is 5.82 Å². The van der Waals surface area contributed by atoms with Crippen LogP contribution in [-0.4, -0.2) is 29.5 Å². The molecule has 1 aliphatic heterocycles. The van der Waals surface area contributed by atoms with Crippen molar-refractivity contribution in [3.05, 3.63) is 64.1 Å². The Morgan fingerprint density at radius 2 is 2.29 bits per heavy atom. The summed E-state index contributed by atoms with van der Waals surface area (Å²) in [4.78, 5) is 6.63. The quantitative estimate of drug-likeness (QED) is 0.922. The van der Waals surface area contributed by atoms with E-state index in [0.717, 1.165) is 31.7 Å². The molecule has 1 aromatic heterocycles. The molecule has 1 aliphatic rings. The van der Waals surface area contributed by atoms with E-state index in [9.17, 15) is 4.39 Å². The van der Waals surface area contributed by atoms with E-state index in [4.69, 9.17) is 0 Å². The molecular formula is C16H17BrFN3. The zero-order valence-electron chi connectivity index (χ0n) is 11.6. The van der Waals surface area contributed by atoms with Gasteiger partial charge in [0.05, 0.1) is 4.47 Å². The summed E-state index contributed by atoms with van der Waals surface area (Å²) in [5, 5.41) is 3.43. The van der Waals surface area contributed by atoms with Gasteiger partial charge >= 0.3 is 0 Å². The van der Waals surface area contributed by atoms with Gasteiger partial charge in [-0.2, -0.15) is 0 Å². The highest BCUT2D eigenvalue weighted by Crippen LogP contribution is 2.25. The van der Waals surface area contributed by atoms with E-state index in [0.29, 0.717) is 10.5 Å². The van der Waals surface area contributed by atoms with Crippen molar-refractivity contribution in [1.82, 2.24) is 15.2 Å². The van der Waals surface area contributed by atoms with Gasteiger partial charge in [-0.05, 0) is 45.3 Å².